The molecule has 39 heavy (non-hydrogen) atoms. The van der Waals surface area contributed by atoms with Crippen molar-refractivity contribution in [2.75, 3.05) is 44.7 Å². The van der Waals surface area contributed by atoms with E-state index in [1.54, 1.807) is 6.08 Å². The largest absolute Gasteiger partial charge is 0.393 e. The van der Waals surface area contributed by atoms with Crippen molar-refractivity contribution in [1.82, 2.24) is 14.8 Å². The highest BCUT2D eigenvalue weighted by atomic mass is 16.6. The van der Waals surface area contributed by atoms with Crippen LogP contribution in [0.5, 0.6) is 0 Å². The Bertz CT molecular complexity index is 1410. The van der Waals surface area contributed by atoms with Gasteiger partial charge in [-0.1, -0.05) is 18.2 Å². The third kappa shape index (κ3) is 6.15. The number of amides is 1. The number of aliphatic hydroxyl groups is 2. The van der Waals surface area contributed by atoms with Gasteiger partial charge in [0.15, 0.2) is 6.29 Å². The van der Waals surface area contributed by atoms with Crippen LogP contribution in [0.15, 0.2) is 54.1 Å². The quantitative estimate of drug-likeness (QED) is 0.332. The Hall–Kier alpha value is -3.68. The molecule has 204 valence electrons. The third-order valence-electron chi connectivity index (χ3n) is 7.65. The van der Waals surface area contributed by atoms with Crippen molar-refractivity contribution in [2.24, 2.45) is 7.05 Å². The number of aliphatic hydroxyl groups excluding tert-OH is 2. The van der Waals surface area contributed by atoms with Crippen LogP contribution in [-0.2, 0) is 16.6 Å². The van der Waals surface area contributed by atoms with Crippen LogP contribution in [0, 0.1) is 11.3 Å². The minimum atomic E-state index is -1.06. The number of hydrogen-bond donors (Lipinski definition) is 3. The van der Waals surface area contributed by atoms with Gasteiger partial charge in [-0.2, -0.15) is 5.26 Å². The molecule has 9 nitrogen and oxygen atoms in total. The summed E-state index contributed by atoms with van der Waals surface area (Å²) in [5, 5.41) is 34.1. The molecule has 0 spiro atoms. The molecule has 2 aliphatic rings. The lowest BCUT2D eigenvalue weighted by Gasteiger charge is -2.34. The summed E-state index contributed by atoms with van der Waals surface area (Å²) in [6.45, 7) is 4.29. The molecule has 2 saturated heterocycles. The van der Waals surface area contributed by atoms with Crippen molar-refractivity contribution in [1.29, 1.82) is 5.26 Å². The van der Waals surface area contributed by atoms with Gasteiger partial charge in [0.2, 0.25) is 0 Å². The summed E-state index contributed by atoms with van der Waals surface area (Å²) in [4.78, 5) is 17.5. The number of nitrogens with one attached hydrogen (secondary N) is 1. The van der Waals surface area contributed by atoms with Gasteiger partial charge < -0.3 is 34.6 Å². The van der Waals surface area contributed by atoms with Crippen LogP contribution in [0.4, 0.5) is 5.69 Å². The number of nitriles is 1. The first-order valence-corrected chi connectivity index (χ1v) is 13.4. The van der Waals surface area contributed by atoms with Crippen LogP contribution in [-0.4, -0.2) is 83.9 Å². The average Bonchev–Trinajstić information content (AvgIpc) is 3.29. The molecule has 5 rings (SSSR count). The Morgan fingerprint density at radius 1 is 1.05 bits per heavy atom. The predicted molar refractivity (Wildman–Crippen MR) is 151 cm³/mol. The number of ether oxygens (including phenoxy) is 1. The lowest BCUT2D eigenvalue weighted by Crippen LogP contribution is -2.44. The molecule has 0 saturated carbocycles. The van der Waals surface area contributed by atoms with E-state index in [4.69, 9.17) is 4.74 Å². The summed E-state index contributed by atoms with van der Waals surface area (Å²) in [5.41, 5.74) is 3.96. The molecule has 2 aliphatic heterocycles. The molecular formula is C30H35N5O4. The Kier molecular flexibility index (Phi) is 8.00. The number of rotatable bonds is 6. The lowest BCUT2D eigenvalue weighted by atomic mass is 10.0. The summed E-state index contributed by atoms with van der Waals surface area (Å²) >= 11 is 0. The third-order valence-corrected chi connectivity index (χ3v) is 7.65. The van der Waals surface area contributed by atoms with E-state index in [9.17, 15) is 20.3 Å². The summed E-state index contributed by atoms with van der Waals surface area (Å²) in [6, 6.07) is 18.9. The molecule has 0 bridgehead atoms. The molecule has 1 amide bonds. The van der Waals surface area contributed by atoms with Crippen LogP contribution in [0.25, 0.3) is 28.1 Å². The van der Waals surface area contributed by atoms with Gasteiger partial charge in [0.25, 0.3) is 5.91 Å². The number of benzene rings is 2. The van der Waals surface area contributed by atoms with Crippen molar-refractivity contribution in [3.05, 3.63) is 59.8 Å². The Balaban J connectivity index is 1.29. The highest BCUT2D eigenvalue weighted by Crippen LogP contribution is 2.29. The van der Waals surface area contributed by atoms with Gasteiger partial charge in [0.1, 0.15) is 11.6 Å². The van der Waals surface area contributed by atoms with Gasteiger partial charge in [-0.05, 0) is 59.8 Å². The molecule has 3 atom stereocenters. The number of fused-ring (bicyclic) bond motifs is 1. The summed E-state index contributed by atoms with van der Waals surface area (Å²) < 4.78 is 7.31. The zero-order valence-electron chi connectivity index (χ0n) is 22.4. The van der Waals surface area contributed by atoms with Crippen molar-refractivity contribution >= 4 is 28.4 Å². The molecule has 1 aromatic heterocycles. The first-order chi connectivity index (χ1) is 18.8. The van der Waals surface area contributed by atoms with Crippen molar-refractivity contribution in [3.63, 3.8) is 0 Å². The molecule has 2 fully saturated rings. The summed E-state index contributed by atoms with van der Waals surface area (Å²) in [5.74, 6) is -0.528. The number of aromatic nitrogens is 1. The smallest absolute Gasteiger partial charge is 0.262 e. The second kappa shape index (κ2) is 11.6. The van der Waals surface area contributed by atoms with Crippen LogP contribution in [0.2, 0.25) is 0 Å². The van der Waals surface area contributed by atoms with Crippen molar-refractivity contribution < 1.29 is 19.7 Å². The van der Waals surface area contributed by atoms with Crippen LogP contribution in [0.1, 0.15) is 18.5 Å². The summed E-state index contributed by atoms with van der Waals surface area (Å²) in [6.07, 6.45) is -0.228. The van der Waals surface area contributed by atoms with E-state index < -0.39 is 24.4 Å². The fourth-order valence-corrected chi connectivity index (χ4v) is 5.31. The van der Waals surface area contributed by atoms with Gasteiger partial charge in [0, 0.05) is 69.7 Å². The standard InChI is InChI=1S/C30H35N5O4/c1-33-9-11-35(12-10-33)25-6-5-20-13-22(4-3-21(20)14-25)28-8-7-24(34(28)2)15-23(18-31)30(38)32-19-27-16-26(36)17-29(37)39-27/h3-8,13-15,26-27,29,36-37H,9-12,16-17,19H2,1-2H3,(H,32,38)/b23-15+. The molecule has 3 aromatic rings. The first kappa shape index (κ1) is 26.9. The van der Waals surface area contributed by atoms with Gasteiger partial charge in [-0.15, -0.1) is 0 Å². The number of carbonyl (C=O) groups excluding carboxylic acids is 1. The van der Waals surface area contributed by atoms with E-state index >= 15 is 0 Å². The number of nitrogens with zero attached hydrogens (tertiary/aromatic N) is 4. The Morgan fingerprint density at radius 2 is 1.79 bits per heavy atom. The maximum Gasteiger partial charge on any atom is 0.262 e. The Morgan fingerprint density at radius 3 is 2.54 bits per heavy atom. The topological polar surface area (TPSA) is 114 Å². The second-order valence-corrected chi connectivity index (χ2v) is 10.5. The number of anilines is 1. The van der Waals surface area contributed by atoms with Gasteiger partial charge >= 0.3 is 0 Å². The Labute approximate surface area is 228 Å². The van der Waals surface area contributed by atoms with E-state index in [1.165, 1.54) is 11.1 Å². The van der Waals surface area contributed by atoms with Gasteiger partial charge in [0.05, 0.1) is 12.2 Å². The average molecular weight is 530 g/mol. The van der Waals surface area contributed by atoms with E-state index in [0.717, 1.165) is 48.5 Å². The number of hydrogen-bond acceptors (Lipinski definition) is 7. The van der Waals surface area contributed by atoms with Gasteiger partial charge in [-0.3, -0.25) is 4.79 Å². The van der Waals surface area contributed by atoms with E-state index in [2.05, 4.69) is 58.6 Å². The fourth-order valence-electron chi connectivity index (χ4n) is 5.31. The number of piperazine rings is 1. The van der Waals surface area contributed by atoms with E-state index in [-0.39, 0.29) is 18.5 Å². The zero-order chi connectivity index (χ0) is 27.5. The molecule has 3 unspecified atom stereocenters. The summed E-state index contributed by atoms with van der Waals surface area (Å²) in [7, 11) is 4.07. The van der Waals surface area contributed by atoms with Crippen LogP contribution in [0.3, 0.4) is 0 Å². The predicted octanol–water partition coefficient (Wildman–Crippen LogP) is 2.48. The van der Waals surface area contributed by atoms with E-state index in [1.807, 2.05) is 29.8 Å². The molecule has 9 heteroatoms. The maximum atomic E-state index is 12.7. The van der Waals surface area contributed by atoms with Crippen molar-refractivity contribution in [2.45, 2.75) is 31.3 Å². The fraction of sp³-hybridized carbons (Fsp3) is 0.400. The molecule has 3 heterocycles. The molecule has 0 aliphatic carbocycles. The lowest BCUT2D eigenvalue weighted by molar-refractivity contribution is -0.187. The van der Waals surface area contributed by atoms with E-state index in [0.29, 0.717) is 6.42 Å². The van der Waals surface area contributed by atoms with Crippen LogP contribution < -0.4 is 10.2 Å². The highest BCUT2D eigenvalue weighted by Gasteiger charge is 2.27. The highest BCUT2D eigenvalue weighted by molar-refractivity contribution is 6.01. The zero-order valence-corrected chi connectivity index (χ0v) is 22.4. The number of likely N-dealkylation sites (N-methyl/N-ethyl adjacent to an activating group) is 1. The van der Waals surface area contributed by atoms with Gasteiger partial charge in [-0.25, -0.2) is 0 Å². The molecule has 0 radical (unpaired) electrons. The monoisotopic (exact) mass is 529 g/mol. The van der Waals surface area contributed by atoms with Crippen molar-refractivity contribution in [3.8, 4) is 17.3 Å². The maximum absolute atomic E-state index is 12.7. The SMILES string of the molecule is CN1CCN(c2ccc3cc(-c4ccc(/C=C(\C#N)C(=O)NCC5CC(O)CC(O)O5)n4C)ccc3c2)CC1. The molecular weight excluding hydrogens is 494 g/mol. The molecule has 3 N–H and O–H groups in total. The number of carbonyl (C=O) groups is 1. The first-order valence-electron chi connectivity index (χ1n) is 13.4. The minimum absolute atomic E-state index is 0.0328. The second-order valence-electron chi connectivity index (χ2n) is 10.5. The molecule has 2 aromatic carbocycles. The normalized spacial score (nSPS) is 22.6. The minimum Gasteiger partial charge on any atom is -0.393 e. The van der Waals surface area contributed by atoms with Crippen LogP contribution >= 0.6 is 0 Å².